The number of nitrogens with zero attached hydrogens (tertiary/aromatic N) is 2. The van der Waals surface area contributed by atoms with E-state index in [1.54, 1.807) is 0 Å². The summed E-state index contributed by atoms with van der Waals surface area (Å²) in [5.41, 5.74) is 17.7. The van der Waals surface area contributed by atoms with E-state index in [0.29, 0.717) is 0 Å². The van der Waals surface area contributed by atoms with Crippen molar-refractivity contribution in [2.45, 2.75) is 32.1 Å². The zero-order valence-corrected chi connectivity index (χ0v) is 30.1. The van der Waals surface area contributed by atoms with Gasteiger partial charge in [-0.15, -0.1) is 0 Å². The van der Waals surface area contributed by atoms with Crippen molar-refractivity contribution in [2.75, 3.05) is 4.90 Å². The molecule has 0 fully saturated rings. The fraction of sp³-hybridized carbons (Fsp3) is 0.0980. The lowest BCUT2D eigenvalue weighted by molar-refractivity contribution is 0.651. The molecule has 2 aliphatic rings. The Balaban J connectivity index is 1.09. The first-order valence-electron chi connectivity index (χ1n) is 18.7. The first kappa shape index (κ1) is 31.4. The van der Waals surface area contributed by atoms with Crippen molar-refractivity contribution in [3.8, 4) is 27.9 Å². The van der Waals surface area contributed by atoms with Gasteiger partial charge < -0.3 is 9.47 Å². The van der Waals surface area contributed by atoms with Gasteiger partial charge in [0, 0.05) is 33.2 Å². The van der Waals surface area contributed by atoms with Gasteiger partial charge in [-0.3, -0.25) is 0 Å². The van der Waals surface area contributed by atoms with E-state index in [9.17, 15) is 0 Å². The van der Waals surface area contributed by atoms with Gasteiger partial charge in [-0.1, -0.05) is 135 Å². The molecule has 53 heavy (non-hydrogen) atoms. The molecule has 1 heterocycles. The smallest absolute Gasteiger partial charge is 0.0541 e. The molecule has 1 aromatic heterocycles. The normalized spacial score (nSPS) is 14.5. The van der Waals surface area contributed by atoms with Gasteiger partial charge in [-0.25, -0.2) is 0 Å². The van der Waals surface area contributed by atoms with Gasteiger partial charge in [0.05, 0.1) is 16.7 Å². The van der Waals surface area contributed by atoms with Crippen molar-refractivity contribution in [3.63, 3.8) is 0 Å². The van der Waals surface area contributed by atoms with E-state index in [2.05, 4.69) is 205 Å². The lowest BCUT2D eigenvalue weighted by atomic mass is 9.79. The summed E-state index contributed by atoms with van der Waals surface area (Å²) in [6, 6.07) is 62.1. The zero-order chi connectivity index (χ0) is 35.5. The summed E-state index contributed by atoms with van der Waals surface area (Å²) < 4.78 is 2.38. The Kier molecular flexibility index (Phi) is 7.33. The monoisotopic (exact) mass is 680 g/mol. The van der Waals surface area contributed by atoms with Gasteiger partial charge in [-0.05, 0) is 118 Å². The lowest BCUT2D eigenvalue weighted by Gasteiger charge is -2.33. The van der Waals surface area contributed by atoms with Crippen molar-refractivity contribution in [3.05, 3.63) is 199 Å². The molecule has 0 aliphatic heterocycles. The highest BCUT2D eigenvalue weighted by Crippen LogP contribution is 2.55. The average Bonchev–Trinajstić information content (AvgIpc) is 3.68. The minimum Gasteiger partial charge on any atom is -0.310 e. The molecule has 0 saturated carbocycles. The number of allylic oxidation sites excluding steroid dienone is 4. The number of benzene rings is 7. The van der Waals surface area contributed by atoms with Crippen LogP contribution in [0.3, 0.4) is 0 Å². The van der Waals surface area contributed by atoms with Gasteiger partial charge in [0.25, 0.3) is 0 Å². The lowest BCUT2D eigenvalue weighted by Crippen LogP contribution is -2.21. The van der Waals surface area contributed by atoms with Gasteiger partial charge in [-0.2, -0.15) is 0 Å². The number of rotatable bonds is 6. The molecule has 0 atom stereocenters. The summed E-state index contributed by atoms with van der Waals surface area (Å²) in [5.74, 6) is 0. The van der Waals surface area contributed by atoms with E-state index in [-0.39, 0.29) is 5.41 Å². The molecule has 0 saturated heterocycles. The Morgan fingerprint density at radius 2 is 1.13 bits per heavy atom. The fourth-order valence-electron chi connectivity index (χ4n) is 8.97. The number of aromatic nitrogens is 1. The standard InChI is InChI=1S/C51H40N2/c1-51(2)46-21-11-9-18-42(46)44-20-13-23-49(50(44)51)52(40-29-24-36(25-30-40)35-14-5-3-6-15-35)41-31-26-37(27-32-41)38-28-33-48-45(34-38)43-19-10-12-22-47(43)53(48)39-16-7-4-8-17-39/h3-8,10-17,19-34H,9,18H2,1-2H3. The molecule has 8 aromatic rings. The third-order valence-electron chi connectivity index (χ3n) is 11.5. The van der Waals surface area contributed by atoms with Crippen LogP contribution in [-0.2, 0) is 5.41 Å². The maximum Gasteiger partial charge on any atom is 0.0541 e. The molecule has 2 heteroatoms. The first-order chi connectivity index (χ1) is 26.1. The summed E-state index contributed by atoms with van der Waals surface area (Å²) in [4.78, 5) is 2.47. The van der Waals surface area contributed by atoms with Crippen LogP contribution in [0, 0.1) is 0 Å². The minimum atomic E-state index is -0.102. The van der Waals surface area contributed by atoms with Crippen LogP contribution in [0.2, 0.25) is 0 Å². The number of hydrogen-bond donors (Lipinski definition) is 0. The van der Waals surface area contributed by atoms with Crippen LogP contribution in [-0.4, -0.2) is 4.57 Å². The summed E-state index contributed by atoms with van der Waals surface area (Å²) in [7, 11) is 0. The Labute approximate surface area is 311 Å². The van der Waals surface area contributed by atoms with E-state index < -0.39 is 0 Å². The second-order valence-electron chi connectivity index (χ2n) is 14.9. The molecule has 0 radical (unpaired) electrons. The van der Waals surface area contributed by atoms with Crippen LogP contribution in [0.25, 0.3) is 55.3 Å². The first-order valence-corrected chi connectivity index (χ1v) is 18.7. The number of anilines is 3. The van der Waals surface area contributed by atoms with Crippen LogP contribution < -0.4 is 4.90 Å². The van der Waals surface area contributed by atoms with Crippen molar-refractivity contribution >= 4 is 44.4 Å². The SMILES string of the molecule is CC1(C)C2=C(CCC=C2)c2cccc(N(c3ccc(-c4ccccc4)cc3)c3ccc(-c4ccc5c(c4)c4ccccc4n5-c4ccccc4)cc3)c21. The summed E-state index contributed by atoms with van der Waals surface area (Å²) in [6.45, 7) is 4.80. The third kappa shape index (κ3) is 5.09. The quantitative estimate of drug-likeness (QED) is 0.170. The molecule has 254 valence electrons. The summed E-state index contributed by atoms with van der Waals surface area (Å²) in [6.07, 6.45) is 6.93. The molecular weight excluding hydrogens is 641 g/mol. The highest BCUT2D eigenvalue weighted by molar-refractivity contribution is 6.10. The molecule has 0 N–H and O–H groups in total. The molecule has 2 nitrogen and oxygen atoms in total. The van der Waals surface area contributed by atoms with Gasteiger partial charge in [0.15, 0.2) is 0 Å². The second-order valence-corrected chi connectivity index (χ2v) is 14.9. The molecule has 0 amide bonds. The Hall–Kier alpha value is -6.38. The van der Waals surface area contributed by atoms with Crippen LogP contribution >= 0.6 is 0 Å². The van der Waals surface area contributed by atoms with E-state index >= 15 is 0 Å². The Morgan fingerprint density at radius 3 is 1.87 bits per heavy atom. The topological polar surface area (TPSA) is 8.17 Å². The van der Waals surface area contributed by atoms with Crippen molar-refractivity contribution < 1.29 is 0 Å². The number of hydrogen-bond acceptors (Lipinski definition) is 1. The van der Waals surface area contributed by atoms with E-state index in [0.717, 1.165) is 24.2 Å². The van der Waals surface area contributed by atoms with Crippen molar-refractivity contribution in [1.29, 1.82) is 0 Å². The van der Waals surface area contributed by atoms with Gasteiger partial charge in [0.2, 0.25) is 0 Å². The molecule has 2 aliphatic carbocycles. The highest BCUT2D eigenvalue weighted by Gasteiger charge is 2.40. The maximum atomic E-state index is 2.47. The Bertz CT molecular complexity index is 2710. The van der Waals surface area contributed by atoms with Crippen LogP contribution in [0.4, 0.5) is 17.1 Å². The Morgan fingerprint density at radius 1 is 0.528 bits per heavy atom. The van der Waals surface area contributed by atoms with E-state index in [1.807, 2.05) is 0 Å². The number of para-hydroxylation sites is 2. The molecule has 0 unspecified atom stereocenters. The van der Waals surface area contributed by atoms with Crippen molar-refractivity contribution in [1.82, 2.24) is 4.57 Å². The van der Waals surface area contributed by atoms with E-state index in [1.165, 1.54) is 77.7 Å². The zero-order valence-electron chi connectivity index (χ0n) is 30.1. The van der Waals surface area contributed by atoms with Gasteiger partial charge >= 0.3 is 0 Å². The third-order valence-corrected chi connectivity index (χ3v) is 11.5. The predicted octanol–water partition coefficient (Wildman–Crippen LogP) is 14.0. The number of fused-ring (bicyclic) bond motifs is 5. The predicted molar refractivity (Wildman–Crippen MR) is 225 cm³/mol. The maximum absolute atomic E-state index is 2.47. The largest absolute Gasteiger partial charge is 0.310 e. The molecule has 7 aromatic carbocycles. The highest BCUT2D eigenvalue weighted by atomic mass is 15.1. The minimum absolute atomic E-state index is 0.102. The second kappa shape index (κ2) is 12.4. The van der Waals surface area contributed by atoms with Crippen LogP contribution in [0.5, 0.6) is 0 Å². The molecule has 0 bridgehead atoms. The van der Waals surface area contributed by atoms with Crippen LogP contribution in [0.1, 0.15) is 37.8 Å². The van der Waals surface area contributed by atoms with E-state index in [4.69, 9.17) is 0 Å². The van der Waals surface area contributed by atoms with Gasteiger partial charge in [0.1, 0.15) is 0 Å². The van der Waals surface area contributed by atoms with Crippen molar-refractivity contribution in [2.24, 2.45) is 0 Å². The summed E-state index contributed by atoms with van der Waals surface area (Å²) in [5, 5.41) is 2.53. The van der Waals surface area contributed by atoms with Crippen LogP contribution in [0.15, 0.2) is 188 Å². The molecular formula is C51H40N2. The molecule has 0 spiro atoms. The fourth-order valence-corrected chi connectivity index (χ4v) is 8.97. The molecule has 10 rings (SSSR count). The average molecular weight is 681 g/mol. The summed E-state index contributed by atoms with van der Waals surface area (Å²) >= 11 is 0.